The molecule has 1 aromatic carbocycles. The molecule has 0 atom stereocenters. The lowest BCUT2D eigenvalue weighted by molar-refractivity contribution is 0.0697. The summed E-state index contributed by atoms with van der Waals surface area (Å²) in [5.41, 5.74) is 7.26. The molecule has 0 spiro atoms. The maximum absolute atomic E-state index is 10.8. The van der Waals surface area contributed by atoms with Crippen LogP contribution in [0.25, 0.3) is 17.1 Å². The first-order valence-corrected chi connectivity index (χ1v) is 6.11. The number of aromatic nitrogens is 4. The van der Waals surface area contributed by atoms with Crippen LogP contribution in [0.1, 0.15) is 10.4 Å². The molecule has 0 unspecified atom stereocenters. The second-order valence-corrected chi connectivity index (χ2v) is 4.33. The minimum Gasteiger partial charge on any atom is -0.478 e. The van der Waals surface area contributed by atoms with E-state index in [-0.39, 0.29) is 5.56 Å². The zero-order valence-corrected chi connectivity index (χ0v) is 10.8. The summed E-state index contributed by atoms with van der Waals surface area (Å²) in [6.45, 7) is 0. The number of hydrogen-bond donors (Lipinski definition) is 2. The molecule has 3 N–H and O–H groups in total. The smallest absolute Gasteiger partial charge is 0.335 e. The molecule has 3 rings (SSSR count). The first kappa shape index (κ1) is 12.8. The van der Waals surface area contributed by atoms with Crippen LogP contribution in [0.5, 0.6) is 0 Å². The van der Waals surface area contributed by atoms with Gasteiger partial charge in [-0.3, -0.25) is 0 Å². The molecule has 7 heteroatoms. The number of aromatic carboxylic acids is 1. The van der Waals surface area contributed by atoms with Gasteiger partial charge < -0.3 is 10.8 Å². The van der Waals surface area contributed by atoms with Gasteiger partial charge in [0.05, 0.1) is 23.7 Å². The van der Waals surface area contributed by atoms with Gasteiger partial charge in [-0.2, -0.15) is 5.10 Å². The molecule has 0 amide bonds. The molecule has 2 aromatic heterocycles. The van der Waals surface area contributed by atoms with Crippen molar-refractivity contribution in [2.75, 3.05) is 5.73 Å². The number of benzene rings is 1. The zero-order chi connectivity index (χ0) is 14.8. The molecular weight excluding hydrogens is 270 g/mol. The summed E-state index contributed by atoms with van der Waals surface area (Å²) in [5, 5.41) is 13.3. The van der Waals surface area contributed by atoms with Gasteiger partial charge in [-0.15, -0.1) is 0 Å². The standard InChI is InChI=1S/C14H11N5O2/c15-12-7-17-13(8-16-12)19-6-5-11(18-19)9-1-3-10(4-2-9)14(20)21/h1-8H,(H2,15,16)(H,20,21). The lowest BCUT2D eigenvalue weighted by atomic mass is 10.1. The molecule has 7 nitrogen and oxygen atoms in total. The van der Waals surface area contributed by atoms with Gasteiger partial charge in [0.2, 0.25) is 0 Å². The fourth-order valence-electron chi connectivity index (χ4n) is 1.84. The summed E-state index contributed by atoms with van der Waals surface area (Å²) >= 11 is 0. The molecule has 0 aliphatic carbocycles. The van der Waals surface area contributed by atoms with E-state index in [4.69, 9.17) is 10.8 Å². The van der Waals surface area contributed by atoms with Crippen LogP contribution < -0.4 is 5.73 Å². The minimum atomic E-state index is -0.954. The van der Waals surface area contributed by atoms with Crippen LogP contribution in [0.4, 0.5) is 5.82 Å². The molecule has 0 aliphatic rings. The Morgan fingerprint density at radius 2 is 1.86 bits per heavy atom. The number of carbonyl (C=O) groups is 1. The van der Waals surface area contributed by atoms with Crippen LogP contribution in [-0.2, 0) is 0 Å². The number of anilines is 1. The molecule has 0 bridgehead atoms. The summed E-state index contributed by atoms with van der Waals surface area (Å²) in [6, 6.07) is 8.32. The van der Waals surface area contributed by atoms with Gasteiger partial charge in [0.15, 0.2) is 5.82 Å². The molecule has 104 valence electrons. The summed E-state index contributed by atoms with van der Waals surface area (Å²) in [6.07, 6.45) is 4.73. The van der Waals surface area contributed by atoms with E-state index in [0.717, 1.165) is 5.56 Å². The Balaban J connectivity index is 1.90. The number of nitrogen functional groups attached to an aromatic ring is 1. The van der Waals surface area contributed by atoms with Crippen molar-refractivity contribution >= 4 is 11.8 Å². The van der Waals surface area contributed by atoms with Crippen molar-refractivity contribution in [1.82, 2.24) is 19.7 Å². The van der Waals surface area contributed by atoms with E-state index in [0.29, 0.717) is 17.3 Å². The van der Waals surface area contributed by atoms with Gasteiger partial charge in [-0.05, 0) is 18.2 Å². The van der Waals surface area contributed by atoms with E-state index in [1.807, 2.05) is 6.07 Å². The van der Waals surface area contributed by atoms with Gasteiger partial charge in [0, 0.05) is 11.8 Å². The van der Waals surface area contributed by atoms with E-state index < -0.39 is 5.97 Å². The highest BCUT2D eigenvalue weighted by atomic mass is 16.4. The minimum absolute atomic E-state index is 0.239. The van der Waals surface area contributed by atoms with E-state index in [2.05, 4.69) is 15.1 Å². The predicted molar refractivity (Wildman–Crippen MR) is 76.0 cm³/mol. The molecule has 3 aromatic rings. The Bertz CT molecular complexity index is 778. The third-order valence-electron chi connectivity index (χ3n) is 2.91. The highest BCUT2D eigenvalue weighted by Crippen LogP contribution is 2.18. The Labute approximate surface area is 119 Å². The summed E-state index contributed by atoms with van der Waals surface area (Å²) in [5.74, 6) is -0.0581. The van der Waals surface area contributed by atoms with Crippen LogP contribution in [-0.4, -0.2) is 30.8 Å². The van der Waals surface area contributed by atoms with Crippen LogP contribution in [0.2, 0.25) is 0 Å². The maximum Gasteiger partial charge on any atom is 0.335 e. The first-order chi connectivity index (χ1) is 10.1. The van der Waals surface area contributed by atoms with Crippen molar-refractivity contribution in [2.45, 2.75) is 0 Å². The maximum atomic E-state index is 10.8. The fourth-order valence-corrected chi connectivity index (χ4v) is 1.84. The van der Waals surface area contributed by atoms with Gasteiger partial charge in [0.25, 0.3) is 0 Å². The Morgan fingerprint density at radius 3 is 2.48 bits per heavy atom. The summed E-state index contributed by atoms with van der Waals surface area (Å²) < 4.78 is 1.58. The molecule has 0 saturated carbocycles. The van der Waals surface area contributed by atoms with Gasteiger partial charge >= 0.3 is 5.97 Å². The largest absolute Gasteiger partial charge is 0.478 e. The second-order valence-electron chi connectivity index (χ2n) is 4.33. The van der Waals surface area contributed by atoms with E-state index in [1.165, 1.54) is 12.4 Å². The van der Waals surface area contributed by atoms with Crippen molar-refractivity contribution in [2.24, 2.45) is 0 Å². The van der Waals surface area contributed by atoms with Crippen LogP contribution in [0, 0.1) is 0 Å². The Hall–Kier alpha value is -3.22. The number of nitrogens with two attached hydrogens (primary N) is 1. The SMILES string of the molecule is Nc1cnc(-n2ccc(-c3ccc(C(=O)O)cc3)n2)cn1. The van der Waals surface area contributed by atoms with Crippen molar-refractivity contribution in [3.8, 4) is 17.1 Å². The molecule has 0 saturated heterocycles. The number of carboxylic acid groups (broad SMARTS) is 1. The quantitative estimate of drug-likeness (QED) is 0.755. The summed E-state index contributed by atoms with van der Waals surface area (Å²) in [4.78, 5) is 18.9. The first-order valence-electron chi connectivity index (χ1n) is 6.11. The van der Waals surface area contributed by atoms with Crippen LogP contribution in [0.15, 0.2) is 48.9 Å². The highest BCUT2D eigenvalue weighted by Gasteiger charge is 2.07. The molecule has 2 heterocycles. The molecule has 0 aliphatic heterocycles. The van der Waals surface area contributed by atoms with Crippen LogP contribution in [0.3, 0.4) is 0 Å². The predicted octanol–water partition coefficient (Wildman–Crippen LogP) is 1.61. The monoisotopic (exact) mass is 281 g/mol. The summed E-state index contributed by atoms with van der Waals surface area (Å²) in [7, 11) is 0. The average molecular weight is 281 g/mol. The van der Waals surface area contributed by atoms with E-state index in [1.54, 1.807) is 35.1 Å². The number of hydrogen-bond acceptors (Lipinski definition) is 5. The Morgan fingerprint density at radius 1 is 1.10 bits per heavy atom. The van der Waals surface area contributed by atoms with Crippen LogP contribution >= 0.6 is 0 Å². The van der Waals surface area contributed by atoms with Crippen molar-refractivity contribution in [3.63, 3.8) is 0 Å². The van der Waals surface area contributed by atoms with E-state index in [9.17, 15) is 4.79 Å². The second kappa shape index (κ2) is 5.04. The van der Waals surface area contributed by atoms with Crippen molar-refractivity contribution in [3.05, 3.63) is 54.5 Å². The number of carboxylic acids is 1. The van der Waals surface area contributed by atoms with Crippen molar-refractivity contribution < 1.29 is 9.90 Å². The van der Waals surface area contributed by atoms with Gasteiger partial charge in [-0.25, -0.2) is 19.4 Å². The van der Waals surface area contributed by atoms with Gasteiger partial charge in [0.1, 0.15) is 5.82 Å². The fraction of sp³-hybridized carbons (Fsp3) is 0. The van der Waals surface area contributed by atoms with Gasteiger partial charge in [-0.1, -0.05) is 12.1 Å². The third-order valence-corrected chi connectivity index (χ3v) is 2.91. The number of nitrogens with zero attached hydrogens (tertiary/aromatic N) is 4. The molecule has 0 radical (unpaired) electrons. The lowest BCUT2D eigenvalue weighted by Gasteiger charge is -2.00. The molecule has 0 fully saturated rings. The molecular formula is C14H11N5O2. The lowest BCUT2D eigenvalue weighted by Crippen LogP contribution is -2.01. The van der Waals surface area contributed by atoms with E-state index >= 15 is 0 Å². The Kier molecular flexibility index (Phi) is 3.07. The van der Waals surface area contributed by atoms with Crippen molar-refractivity contribution in [1.29, 1.82) is 0 Å². The highest BCUT2D eigenvalue weighted by molar-refractivity contribution is 5.88. The number of rotatable bonds is 3. The third kappa shape index (κ3) is 2.57. The molecule has 21 heavy (non-hydrogen) atoms. The average Bonchev–Trinajstić information content (AvgIpc) is 2.98. The topological polar surface area (TPSA) is 107 Å². The zero-order valence-electron chi connectivity index (χ0n) is 10.8. The normalized spacial score (nSPS) is 10.5.